The largest absolute Gasteiger partial charge is 0.371 e. The summed E-state index contributed by atoms with van der Waals surface area (Å²) in [7, 11) is 0. The van der Waals surface area contributed by atoms with Gasteiger partial charge in [0.1, 0.15) is 0 Å². The second-order valence-electron chi connectivity index (χ2n) is 5.63. The SMILES string of the molecule is NCCc1c(Cl)cccc1N1CC2CCCC2C1. The monoisotopic (exact) mass is 264 g/mol. The molecule has 1 aliphatic heterocycles. The molecule has 1 aliphatic carbocycles. The van der Waals surface area contributed by atoms with E-state index in [-0.39, 0.29) is 0 Å². The fourth-order valence-electron chi connectivity index (χ4n) is 3.67. The lowest BCUT2D eigenvalue weighted by molar-refractivity contribution is 0.494. The summed E-state index contributed by atoms with van der Waals surface area (Å²) in [6, 6.07) is 6.25. The lowest BCUT2D eigenvalue weighted by Crippen LogP contribution is -2.22. The summed E-state index contributed by atoms with van der Waals surface area (Å²) in [4.78, 5) is 2.53. The maximum atomic E-state index is 6.33. The Hall–Kier alpha value is -0.730. The molecular formula is C15H21ClN2. The average Bonchev–Trinajstić information content (AvgIpc) is 2.92. The molecule has 2 aliphatic rings. The van der Waals surface area contributed by atoms with Crippen molar-refractivity contribution in [3.8, 4) is 0 Å². The molecule has 3 rings (SSSR count). The van der Waals surface area contributed by atoms with Crippen molar-refractivity contribution in [3.05, 3.63) is 28.8 Å². The van der Waals surface area contributed by atoms with E-state index >= 15 is 0 Å². The normalized spacial score (nSPS) is 26.7. The molecule has 0 bridgehead atoms. The lowest BCUT2D eigenvalue weighted by Gasteiger charge is -2.23. The number of nitrogens with two attached hydrogens (primary N) is 1. The van der Waals surface area contributed by atoms with E-state index in [0.29, 0.717) is 6.54 Å². The first-order valence-electron chi connectivity index (χ1n) is 7.02. The number of nitrogens with zero attached hydrogens (tertiary/aromatic N) is 1. The fraction of sp³-hybridized carbons (Fsp3) is 0.600. The van der Waals surface area contributed by atoms with Crippen LogP contribution in [0.15, 0.2) is 18.2 Å². The smallest absolute Gasteiger partial charge is 0.0459 e. The van der Waals surface area contributed by atoms with Crippen LogP contribution in [0.25, 0.3) is 0 Å². The minimum absolute atomic E-state index is 0.664. The summed E-state index contributed by atoms with van der Waals surface area (Å²) in [6.07, 6.45) is 5.12. The van der Waals surface area contributed by atoms with Gasteiger partial charge in [0.05, 0.1) is 0 Å². The van der Waals surface area contributed by atoms with Gasteiger partial charge < -0.3 is 10.6 Å². The third kappa shape index (κ3) is 2.12. The van der Waals surface area contributed by atoms with Crippen molar-refractivity contribution in [1.29, 1.82) is 0 Å². The maximum absolute atomic E-state index is 6.33. The predicted octanol–water partition coefficient (Wildman–Crippen LogP) is 3.08. The van der Waals surface area contributed by atoms with E-state index in [0.717, 1.165) is 23.3 Å². The molecule has 1 aromatic carbocycles. The van der Waals surface area contributed by atoms with Crippen LogP contribution in [0, 0.1) is 11.8 Å². The standard InChI is InChI=1S/C15H21ClN2/c16-14-5-2-6-15(13(14)7-8-17)18-9-11-3-1-4-12(11)10-18/h2,5-6,11-12H,1,3-4,7-10,17H2. The first-order chi connectivity index (χ1) is 8.79. The second kappa shape index (κ2) is 5.10. The van der Waals surface area contributed by atoms with Gasteiger partial charge in [0.15, 0.2) is 0 Å². The maximum Gasteiger partial charge on any atom is 0.0459 e. The highest BCUT2D eigenvalue weighted by Gasteiger charge is 2.36. The Morgan fingerprint density at radius 3 is 2.61 bits per heavy atom. The van der Waals surface area contributed by atoms with E-state index in [4.69, 9.17) is 17.3 Å². The molecule has 1 heterocycles. The van der Waals surface area contributed by atoms with E-state index in [2.05, 4.69) is 17.0 Å². The van der Waals surface area contributed by atoms with Crippen molar-refractivity contribution in [2.45, 2.75) is 25.7 Å². The van der Waals surface area contributed by atoms with Gasteiger partial charge in [-0.25, -0.2) is 0 Å². The summed E-state index contributed by atoms with van der Waals surface area (Å²) >= 11 is 6.33. The van der Waals surface area contributed by atoms with Crippen LogP contribution in [0.3, 0.4) is 0 Å². The van der Waals surface area contributed by atoms with E-state index in [1.807, 2.05) is 6.07 Å². The predicted molar refractivity (Wildman–Crippen MR) is 77.3 cm³/mol. The van der Waals surface area contributed by atoms with Gasteiger partial charge in [0.25, 0.3) is 0 Å². The molecular weight excluding hydrogens is 244 g/mol. The minimum atomic E-state index is 0.664. The molecule has 2 unspecified atom stereocenters. The lowest BCUT2D eigenvalue weighted by atomic mass is 10.0. The Balaban J connectivity index is 1.86. The molecule has 18 heavy (non-hydrogen) atoms. The first-order valence-corrected chi connectivity index (χ1v) is 7.40. The van der Waals surface area contributed by atoms with Gasteiger partial charge in [-0.15, -0.1) is 0 Å². The van der Waals surface area contributed by atoms with Gasteiger partial charge >= 0.3 is 0 Å². The van der Waals surface area contributed by atoms with Crippen molar-refractivity contribution in [2.24, 2.45) is 17.6 Å². The molecule has 3 heteroatoms. The Kier molecular flexibility index (Phi) is 3.49. The zero-order valence-electron chi connectivity index (χ0n) is 10.7. The van der Waals surface area contributed by atoms with Crippen LogP contribution < -0.4 is 10.6 Å². The summed E-state index contributed by atoms with van der Waals surface area (Å²) in [5, 5.41) is 0.870. The number of halogens is 1. The molecule has 0 spiro atoms. The van der Waals surface area contributed by atoms with Gasteiger partial charge in [-0.2, -0.15) is 0 Å². The van der Waals surface area contributed by atoms with E-state index < -0.39 is 0 Å². The quantitative estimate of drug-likeness (QED) is 0.909. The fourth-order valence-corrected chi connectivity index (χ4v) is 3.93. The molecule has 98 valence electrons. The van der Waals surface area contributed by atoms with Crippen molar-refractivity contribution >= 4 is 17.3 Å². The second-order valence-corrected chi connectivity index (χ2v) is 6.04. The number of hydrogen-bond donors (Lipinski definition) is 1. The zero-order valence-corrected chi connectivity index (χ0v) is 11.5. The molecule has 1 saturated heterocycles. The number of hydrogen-bond acceptors (Lipinski definition) is 2. The molecule has 0 radical (unpaired) electrons. The van der Waals surface area contributed by atoms with Gasteiger partial charge in [-0.3, -0.25) is 0 Å². The highest BCUT2D eigenvalue weighted by Crippen LogP contribution is 2.41. The van der Waals surface area contributed by atoms with Gasteiger partial charge in [0.2, 0.25) is 0 Å². The van der Waals surface area contributed by atoms with Crippen molar-refractivity contribution in [2.75, 3.05) is 24.5 Å². The molecule has 1 aromatic rings. The molecule has 2 nitrogen and oxygen atoms in total. The molecule has 2 atom stereocenters. The summed E-state index contributed by atoms with van der Waals surface area (Å²) < 4.78 is 0. The van der Waals surface area contributed by atoms with E-state index in [1.54, 1.807) is 0 Å². The van der Waals surface area contributed by atoms with E-state index in [1.165, 1.54) is 43.6 Å². The molecule has 2 fully saturated rings. The van der Waals surface area contributed by atoms with Gasteiger partial charge in [-0.05, 0) is 55.3 Å². The van der Waals surface area contributed by atoms with E-state index in [9.17, 15) is 0 Å². The van der Waals surface area contributed by atoms with Gasteiger partial charge in [-0.1, -0.05) is 24.1 Å². The number of benzene rings is 1. The summed E-state index contributed by atoms with van der Waals surface area (Å²) in [5.74, 6) is 1.82. The minimum Gasteiger partial charge on any atom is -0.371 e. The zero-order chi connectivity index (χ0) is 12.5. The topological polar surface area (TPSA) is 29.3 Å². The van der Waals surface area contributed by atoms with Crippen LogP contribution in [-0.4, -0.2) is 19.6 Å². The number of rotatable bonds is 3. The van der Waals surface area contributed by atoms with Crippen LogP contribution in [0.4, 0.5) is 5.69 Å². The third-order valence-corrected chi connectivity index (χ3v) is 4.91. The molecule has 0 amide bonds. The van der Waals surface area contributed by atoms with Crippen LogP contribution in [-0.2, 0) is 6.42 Å². The Labute approximate surface area is 114 Å². The average molecular weight is 265 g/mol. The summed E-state index contributed by atoms with van der Waals surface area (Å²) in [6.45, 7) is 3.09. The molecule has 1 saturated carbocycles. The Bertz CT molecular complexity index is 421. The van der Waals surface area contributed by atoms with Crippen molar-refractivity contribution in [1.82, 2.24) is 0 Å². The number of anilines is 1. The van der Waals surface area contributed by atoms with Crippen LogP contribution in [0.5, 0.6) is 0 Å². The Morgan fingerprint density at radius 2 is 1.94 bits per heavy atom. The van der Waals surface area contributed by atoms with Crippen molar-refractivity contribution in [3.63, 3.8) is 0 Å². The van der Waals surface area contributed by atoms with Crippen LogP contribution in [0.1, 0.15) is 24.8 Å². The number of fused-ring (bicyclic) bond motifs is 1. The third-order valence-electron chi connectivity index (χ3n) is 4.56. The highest BCUT2D eigenvalue weighted by molar-refractivity contribution is 6.31. The Morgan fingerprint density at radius 1 is 1.22 bits per heavy atom. The highest BCUT2D eigenvalue weighted by atomic mass is 35.5. The summed E-state index contributed by atoms with van der Waals surface area (Å²) in [5.41, 5.74) is 8.27. The van der Waals surface area contributed by atoms with Crippen LogP contribution in [0.2, 0.25) is 5.02 Å². The molecule has 0 aromatic heterocycles. The van der Waals surface area contributed by atoms with Gasteiger partial charge in [0, 0.05) is 23.8 Å². The van der Waals surface area contributed by atoms with Crippen molar-refractivity contribution < 1.29 is 0 Å². The van der Waals surface area contributed by atoms with Crippen LogP contribution >= 0.6 is 11.6 Å². The first kappa shape index (κ1) is 12.3. The molecule has 2 N–H and O–H groups in total.